The van der Waals surface area contributed by atoms with Gasteiger partial charge in [-0.2, -0.15) is 0 Å². The van der Waals surface area contributed by atoms with Gasteiger partial charge in [-0.1, -0.05) is 6.92 Å². The molecule has 2 aromatic carbocycles. The van der Waals surface area contributed by atoms with Gasteiger partial charge >= 0.3 is 23.7 Å². The van der Waals surface area contributed by atoms with Crippen molar-refractivity contribution < 1.29 is 28.6 Å². The molecule has 12 heteroatoms. The number of esters is 3. The van der Waals surface area contributed by atoms with Crippen molar-refractivity contribution in [1.29, 1.82) is 0 Å². The van der Waals surface area contributed by atoms with Crippen LogP contribution in [0.3, 0.4) is 0 Å². The van der Waals surface area contributed by atoms with E-state index in [1.165, 1.54) is 0 Å². The van der Waals surface area contributed by atoms with E-state index >= 15 is 0 Å². The number of hydrogen-bond donors (Lipinski definition) is 0. The van der Waals surface area contributed by atoms with Crippen molar-refractivity contribution >= 4 is 153 Å². The van der Waals surface area contributed by atoms with Gasteiger partial charge < -0.3 is 14.2 Å². The molecule has 0 atom stereocenters. The minimum atomic E-state index is -2.21. The summed E-state index contributed by atoms with van der Waals surface area (Å²) in [7, 11) is 0. The molecule has 0 radical (unpaired) electrons. The highest BCUT2D eigenvalue weighted by atomic mass is 127. The van der Waals surface area contributed by atoms with E-state index in [0.717, 1.165) is 7.14 Å². The smallest absolute Gasteiger partial charge is 0.393 e. The van der Waals surface area contributed by atoms with Crippen molar-refractivity contribution in [3.63, 3.8) is 0 Å². The Kier molecular flexibility index (Phi) is 12.6. The maximum atomic E-state index is 13.3. The predicted molar refractivity (Wildman–Crippen MR) is 174 cm³/mol. The van der Waals surface area contributed by atoms with Gasteiger partial charge in [-0.05, 0) is 173 Å². The van der Waals surface area contributed by atoms with Crippen LogP contribution in [0.15, 0.2) is 24.3 Å². The summed E-state index contributed by atoms with van der Waals surface area (Å²) in [5.41, 5.74) is 0.603. The first-order valence-electron chi connectivity index (χ1n) is 9.38. The highest BCUT2D eigenvalue weighted by Gasteiger charge is 2.49. The summed E-state index contributed by atoms with van der Waals surface area (Å²) in [5.74, 6) is -4.65. The van der Waals surface area contributed by atoms with Gasteiger partial charge in [-0.25, -0.2) is 14.4 Å². The number of rotatable bonds is 8. The summed E-state index contributed by atoms with van der Waals surface area (Å²) in [6, 6.07) is 7.31. The van der Waals surface area contributed by atoms with E-state index in [1.54, 1.807) is 13.8 Å². The molecule has 0 saturated carbocycles. The molecule has 33 heavy (non-hydrogen) atoms. The summed E-state index contributed by atoms with van der Waals surface area (Å²) in [5, 5.41) is 0. The van der Waals surface area contributed by atoms with E-state index in [1.807, 2.05) is 115 Å². The van der Waals surface area contributed by atoms with Crippen molar-refractivity contribution in [2.75, 3.05) is 6.61 Å². The van der Waals surface area contributed by atoms with Crippen molar-refractivity contribution in [2.24, 2.45) is 0 Å². The lowest BCUT2D eigenvalue weighted by Crippen LogP contribution is -2.49. The quantitative estimate of drug-likeness (QED) is 0.156. The molecular formula is C21H16I6O6. The van der Waals surface area contributed by atoms with Crippen LogP contribution in [-0.2, 0) is 19.0 Å². The largest absolute Gasteiger partial charge is 0.460 e. The van der Waals surface area contributed by atoms with Crippen LogP contribution in [-0.4, -0.2) is 30.3 Å². The average Bonchev–Trinajstić information content (AvgIpc) is 2.66. The van der Waals surface area contributed by atoms with Gasteiger partial charge in [0.2, 0.25) is 0 Å². The highest BCUT2D eigenvalue weighted by molar-refractivity contribution is 14.1. The Bertz CT molecular complexity index is 969. The van der Waals surface area contributed by atoms with Crippen LogP contribution >= 0.6 is 136 Å². The van der Waals surface area contributed by atoms with E-state index in [2.05, 4.69) is 45.2 Å². The van der Waals surface area contributed by atoms with Crippen LogP contribution in [0, 0.1) is 21.4 Å². The Morgan fingerprint density at radius 1 is 0.727 bits per heavy atom. The van der Waals surface area contributed by atoms with Gasteiger partial charge in [0.15, 0.2) is 0 Å². The van der Waals surface area contributed by atoms with Crippen LogP contribution in [0.25, 0.3) is 0 Å². The molecule has 0 bridgehead atoms. The molecule has 0 heterocycles. The van der Waals surface area contributed by atoms with Crippen LogP contribution < -0.4 is 0 Å². The molecule has 0 aliphatic heterocycles. The van der Waals surface area contributed by atoms with Gasteiger partial charge in [0.05, 0.1) is 17.7 Å². The number of carbonyl (C=O) groups is 3. The first-order valence-corrected chi connectivity index (χ1v) is 15.9. The Morgan fingerprint density at radius 3 is 1.39 bits per heavy atom. The summed E-state index contributed by atoms with van der Waals surface area (Å²) in [4.78, 5) is 39.6. The number of hydrogen-bond acceptors (Lipinski definition) is 6. The minimum Gasteiger partial charge on any atom is -0.460 e. The second-order valence-electron chi connectivity index (χ2n) is 6.49. The van der Waals surface area contributed by atoms with Gasteiger partial charge in [0.1, 0.15) is 0 Å². The molecule has 0 aromatic heterocycles. The standard InChI is InChI=1S/C21H16I6O6/c1-3-5-21(20(30)31-4-2,32-18(28)16-12(24)6-10(22)7-13(16)25)33-19(29)17-14(26)8-11(23)9-15(17)27/h6-9H,3-5H2,1-2H3. The van der Waals surface area contributed by atoms with Crippen molar-refractivity contribution in [2.45, 2.75) is 32.5 Å². The number of benzene rings is 2. The molecule has 0 amide bonds. The Morgan fingerprint density at radius 2 is 1.09 bits per heavy atom. The third-order valence-corrected chi connectivity index (χ3v) is 8.75. The van der Waals surface area contributed by atoms with Gasteiger partial charge in [-0.3, -0.25) is 0 Å². The van der Waals surface area contributed by atoms with Crippen molar-refractivity contribution in [3.05, 3.63) is 56.8 Å². The van der Waals surface area contributed by atoms with Gasteiger partial charge in [0, 0.05) is 27.8 Å². The Hall–Kier alpha value is 1.23. The number of halogens is 6. The van der Waals surface area contributed by atoms with E-state index in [4.69, 9.17) is 14.2 Å². The molecule has 6 nitrogen and oxygen atoms in total. The number of carbonyl (C=O) groups excluding carboxylic acids is 3. The van der Waals surface area contributed by atoms with Crippen molar-refractivity contribution in [1.82, 2.24) is 0 Å². The zero-order valence-corrected chi connectivity index (χ0v) is 30.1. The van der Waals surface area contributed by atoms with E-state index < -0.39 is 23.7 Å². The van der Waals surface area contributed by atoms with Crippen LogP contribution in [0.2, 0.25) is 0 Å². The molecule has 0 fully saturated rings. The van der Waals surface area contributed by atoms with Crippen LogP contribution in [0.5, 0.6) is 0 Å². The maximum Gasteiger partial charge on any atom is 0.393 e. The zero-order chi connectivity index (χ0) is 24.9. The van der Waals surface area contributed by atoms with Crippen molar-refractivity contribution in [3.8, 4) is 0 Å². The Labute approximate surface area is 273 Å². The fraction of sp³-hybridized carbons (Fsp3) is 0.286. The van der Waals surface area contributed by atoms with Crippen LogP contribution in [0.1, 0.15) is 47.4 Å². The van der Waals surface area contributed by atoms with E-state index in [-0.39, 0.29) is 13.0 Å². The maximum absolute atomic E-state index is 13.3. The summed E-state index contributed by atoms with van der Waals surface area (Å²) in [6.07, 6.45) is 0.361. The highest BCUT2D eigenvalue weighted by Crippen LogP contribution is 2.31. The topological polar surface area (TPSA) is 78.9 Å². The average molecular weight is 1130 g/mol. The number of ether oxygens (including phenoxy) is 3. The lowest BCUT2D eigenvalue weighted by Gasteiger charge is -2.30. The SMILES string of the molecule is CCCC(OC(=O)c1c(I)cc(I)cc1I)(OC(=O)c1c(I)cc(I)cc1I)C(=O)OCC. The zero-order valence-electron chi connectivity index (χ0n) is 17.1. The van der Waals surface area contributed by atoms with E-state index in [9.17, 15) is 14.4 Å². The first kappa shape index (κ1) is 30.5. The molecule has 0 unspecified atom stereocenters. The molecule has 2 aromatic rings. The molecular weight excluding hydrogens is 1110 g/mol. The second-order valence-corrected chi connectivity index (χ2v) is 13.6. The summed E-state index contributed by atoms with van der Waals surface area (Å²) < 4.78 is 21.2. The first-order chi connectivity index (χ1) is 15.5. The lowest BCUT2D eigenvalue weighted by atomic mass is 10.1. The molecule has 2 rings (SSSR count). The predicted octanol–water partition coefficient (Wildman–Crippen LogP) is 7.39. The molecule has 0 N–H and O–H groups in total. The van der Waals surface area contributed by atoms with E-state index in [0.29, 0.717) is 31.8 Å². The van der Waals surface area contributed by atoms with Crippen LogP contribution in [0.4, 0.5) is 0 Å². The third-order valence-electron chi connectivity index (χ3n) is 4.10. The molecule has 0 spiro atoms. The second kappa shape index (κ2) is 13.7. The summed E-state index contributed by atoms with van der Waals surface area (Å²) >= 11 is 12.5. The molecule has 0 saturated heterocycles. The summed E-state index contributed by atoms with van der Waals surface area (Å²) in [6.45, 7) is 3.47. The molecule has 0 aliphatic carbocycles. The molecule has 178 valence electrons. The third kappa shape index (κ3) is 7.86. The van der Waals surface area contributed by atoms with Gasteiger partial charge in [0.25, 0.3) is 0 Å². The fourth-order valence-corrected chi connectivity index (χ4v) is 10.8. The molecule has 0 aliphatic rings. The fourth-order valence-electron chi connectivity index (χ4n) is 2.75. The minimum absolute atomic E-state index is 0.0383. The van der Waals surface area contributed by atoms with Gasteiger partial charge in [-0.15, -0.1) is 0 Å². The monoisotopic (exact) mass is 1130 g/mol. The lowest BCUT2D eigenvalue weighted by molar-refractivity contribution is -0.212. The normalized spacial score (nSPS) is 11.2. The Balaban J connectivity index is 2.54.